The van der Waals surface area contributed by atoms with Crippen LogP contribution >= 0.6 is 11.3 Å². The summed E-state index contributed by atoms with van der Waals surface area (Å²) < 4.78 is 1.94. The molecule has 0 amide bonds. The van der Waals surface area contributed by atoms with Gasteiger partial charge in [-0.05, 0) is 41.8 Å². The van der Waals surface area contributed by atoms with Crippen LogP contribution in [-0.2, 0) is 6.54 Å². The number of nitrogens with zero attached hydrogens (tertiary/aromatic N) is 3. The van der Waals surface area contributed by atoms with Gasteiger partial charge in [0.2, 0.25) is 0 Å². The highest BCUT2D eigenvalue weighted by atomic mass is 32.1. The molecule has 5 nitrogen and oxygen atoms in total. The van der Waals surface area contributed by atoms with E-state index in [0.717, 1.165) is 32.1 Å². The predicted octanol–water partition coefficient (Wildman–Crippen LogP) is 2.61. The second-order valence-corrected chi connectivity index (χ2v) is 6.16. The molecule has 0 saturated heterocycles. The molecule has 2 N–H and O–H groups in total. The van der Waals surface area contributed by atoms with Gasteiger partial charge in [-0.3, -0.25) is 9.67 Å². The minimum absolute atomic E-state index is 0.440. The topological polar surface area (TPSA) is 54.2 Å². The first-order valence-corrected chi connectivity index (χ1v) is 8.66. The minimum atomic E-state index is 0.440. The van der Waals surface area contributed by atoms with Crippen LogP contribution in [0.4, 0.5) is 0 Å². The van der Waals surface area contributed by atoms with Gasteiger partial charge in [0, 0.05) is 31.7 Å². The van der Waals surface area contributed by atoms with Crippen molar-refractivity contribution in [1.82, 2.24) is 20.4 Å². The molecule has 0 spiro atoms. The molecule has 0 aliphatic rings. The van der Waals surface area contributed by atoms with Crippen LogP contribution in [0.5, 0.6) is 0 Å². The fourth-order valence-corrected chi connectivity index (χ4v) is 2.89. The Bertz CT molecular complexity index is 573. The second kappa shape index (κ2) is 8.58. The zero-order chi connectivity index (χ0) is 15.8. The number of aryl methyl sites for hydroxylation is 1. The fourth-order valence-electron chi connectivity index (χ4n) is 2.11. The van der Waals surface area contributed by atoms with Crippen molar-refractivity contribution in [1.29, 1.82) is 0 Å². The largest absolute Gasteiger partial charge is 0.357 e. The first kappa shape index (κ1) is 16.5. The van der Waals surface area contributed by atoms with Gasteiger partial charge in [0.05, 0.1) is 12.7 Å². The van der Waals surface area contributed by atoms with Gasteiger partial charge in [-0.1, -0.05) is 6.92 Å². The highest BCUT2D eigenvalue weighted by Gasteiger charge is 2.06. The second-order valence-electron chi connectivity index (χ2n) is 5.38. The Morgan fingerprint density at radius 2 is 2.32 bits per heavy atom. The maximum atomic E-state index is 4.68. The summed E-state index contributed by atoms with van der Waals surface area (Å²) >= 11 is 1.74. The Morgan fingerprint density at radius 1 is 1.45 bits per heavy atom. The normalized spacial score (nSPS) is 13.1. The number of hydrogen-bond donors (Lipinski definition) is 2. The van der Waals surface area contributed by atoms with E-state index in [4.69, 9.17) is 0 Å². The van der Waals surface area contributed by atoms with Gasteiger partial charge in [0.25, 0.3) is 0 Å². The number of thiophene rings is 1. The van der Waals surface area contributed by atoms with Crippen LogP contribution in [0.3, 0.4) is 0 Å². The quantitative estimate of drug-likeness (QED) is 0.609. The fraction of sp³-hybridized carbons (Fsp3) is 0.500. The summed E-state index contributed by atoms with van der Waals surface area (Å²) in [7, 11) is 0. The highest BCUT2D eigenvalue weighted by molar-refractivity contribution is 7.07. The lowest BCUT2D eigenvalue weighted by Crippen LogP contribution is -2.39. The molecule has 1 atom stereocenters. The molecule has 0 aromatic carbocycles. The lowest BCUT2D eigenvalue weighted by atomic mass is 10.1. The van der Waals surface area contributed by atoms with Gasteiger partial charge in [0.15, 0.2) is 5.96 Å². The molecular formula is C16H25N5S. The van der Waals surface area contributed by atoms with Crippen LogP contribution in [0.1, 0.15) is 30.9 Å². The van der Waals surface area contributed by atoms with Crippen LogP contribution in [-0.4, -0.2) is 35.4 Å². The van der Waals surface area contributed by atoms with E-state index < -0.39 is 0 Å². The van der Waals surface area contributed by atoms with E-state index in [0.29, 0.717) is 5.92 Å². The number of aliphatic imine (C=N–C) groups is 1. The Morgan fingerprint density at radius 3 is 2.95 bits per heavy atom. The molecule has 0 fully saturated rings. The summed E-state index contributed by atoms with van der Waals surface area (Å²) in [6.07, 6.45) is 3.92. The molecule has 2 aromatic heterocycles. The van der Waals surface area contributed by atoms with E-state index in [2.05, 4.69) is 51.4 Å². The Kier molecular flexibility index (Phi) is 6.45. The summed E-state index contributed by atoms with van der Waals surface area (Å²) in [6, 6.07) is 2.17. The average Bonchev–Trinajstić information content (AvgIpc) is 3.16. The molecule has 2 heterocycles. The zero-order valence-corrected chi connectivity index (χ0v) is 14.4. The molecule has 6 heteroatoms. The lowest BCUT2D eigenvalue weighted by molar-refractivity contribution is 0.597. The summed E-state index contributed by atoms with van der Waals surface area (Å²) in [6.45, 7) is 9.62. The molecule has 0 bridgehead atoms. The molecule has 1 unspecified atom stereocenters. The molecule has 22 heavy (non-hydrogen) atoms. The van der Waals surface area contributed by atoms with Crippen LogP contribution in [0, 0.1) is 6.92 Å². The van der Waals surface area contributed by atoms with E-state index in [1.54, 1.807) is 11.3 Å². The molecule has 0 radical (unpaired) electrons. The van der Waals surface area contributed by atoms with Crippen molar-refractivity contribution in [3.8, 4) is 0 Å². The molecule has 0 aliphatic carbocycles. The SMILES string of the molecule is CCNC(=NCC(C)c1ccsc1)NCCn1cc(C)cn1. The highest BCUT2D eigenvalue weighted by Crippen LogP contribution is 2.18. The van der Waals surface area contributed by atoms with Crippen LogP contribution in [0.25, 0.3) is 0 Å². The molecule has 120 valence electrons. The third-order valence-corrected chi connectivity index (χ3v) is 4.08. The number of aromatic nitrogens is 2. The summed E-state index contributed by atoms with van der Waals surface area (Å²) in [4.78, 5) is 4.68. The van der Waals surface area contributed by atoms with Gasteiger partial charge >= 0.3 is 0 Å². The maximum Gasteiger partial charge on any atom is 0.191 e. The van der Waals surface area contributed by atoms with Crippen molar-refractivity contribution >= 4 is 17.3 Å². The van der Waals surface area contributed by atoms with Gasteiger partial charge < -0.3 is 10.6 Å². The van der Waals surface area contributed by atoms with Crippen molar-refractivity contribution in [2.45, 2.75) is 33.2 Å². The first-order chi connectivity index (χ1) is 10.7. The van der Waals surface area contributed by atoms with Crippen LogP contribution in [0.2, 0.25) is 0 Å². The minimum Gasteiger partial charge on any atom is -0.357 e. The molecule has 2 aromatic rings. The summed E-state index contributed by atoms with van der Waals surface area (Å²) in [5, 5.41) is 15.2. The van der Waals surface area contributed by atoms with Gasteiger partial charge in [0.1, 0.15) is 0 Å². The smallest absolute Gasteiger partial charge is 0.191 e. The summed E-state index contributed by atoms with van der Waals surface area (Å²) in [5.74, 6) is 1.31. The van der Waals surface area contributed by atoms with E-state index in [1.165, 1.54) is 11.1 Å². The van der Waals surface area contributed by atoms with E-state index >= 15 is 0 Å². The standard InChI is InChI=1S/C16H25N5S/c1-4-17-16(18-6-7-21-11-13(2)9-20-21)19-10-14(3)15-5-8-22-12-15/h5,8-9,11-12,14H,4,6-7,10H2,1-3H3,(H2,17,18,19). The van der Waals surface area contributed by atoms with E-state index in [9.17, 15) is 0 Å². The third-order valence-electron chi connectivity index (χ3n) is 3.38. The monoisotopic (exact) mass is 319 g/mol. The van der Waals surface area contributed by atoms with Crippen molar-refractivity contribution < 1.29 is 0 Å². The molecule has 0 aliphatic heterocycles. The average molecular weight is 319 g/mol. The Labute approximate surface area is 136 Å². The molecule has 0 saturated carbocycles. The lowest BCUT2D eigenvalue weighted by Gasteiger charge is -2.13. The van der Waals surface area contributed by atoms with Crippen molar-refractivity contribution in [3.63, 3.8) is 0 Å². The van der Waals surface area contributed by atoms with Crippen LogP contribution in [0.15, 0.2) is 34.2 Å². The molecular weight excluding hydrogens is 294 g/mol. The van der Waals surface area contributed by atoms with Gasteiger partial charge in [-0.25, -0.2) is 0 Å². The number of hydrogen-bond acceptors (Lipinski definition) is 3. The van der Waals surface area contributed by atoms with Crippen molar-refractivity contribution in [2.75, 3.05) is 19.6 Å². The summed E-state index contributed by atoms with van der Waals surface area (Å²) in [5.41, 5.74) is 2.54. The van der Waals surface area contributed by atoms with Gasteiger partial charge in [-0.2, -0.15) is 16.4 Å². The maximum absolute atomic E-state index is 4.68. The van der Waals surface area contributed by atoms with Gasteiger partial charge in [-0.15, -0.1) is 0 Å². The Hall–Kier alpha value is -1.82. The number of guanidine groups is 1. The van der Waals surface area contributed by atoms with Crippen molar-refractivity contribution in [2.24, 2.45) is 4.99 Å². The zero-order valence-electron chi connectivity index (χ0n) is 13.5. The predicted molar refractivity (Wildman–Crippen MR) is 93.7 cm³/mol. The third kappa shape index (κ3) is 5.18. The Balaban J connectivity index is 1.81. The molecule has 2 rings (SSSR count). The number of nitrogens with one attached hydrogen (secondary N) is 2. The first-order valence-electron chi connectivity index (χ1n) is 7.72. The van der Waals surface area contributed by atoms with Crippen molar-refractivity contribution in [3.05, 3.63) is 40.3 Å². The van der Waals surface area contributed by atoms with E-state index in [1.807, 2.05) is 24.0 Å². The van der Waals surface area contributed by atoms with Crippen LogP contribution < -0.4 is 10.6 Å². The number of rotatable bonds is 7. The van der Waals surface area contributed by atoms with E-state index in [-0.39, 0.29) is 0 Å².